The molecule has 0 bridgehead atoms. The summed E-state index contributed by atoms with van der Waals surface area (Å²) in [6, 6.07) is 10.7. The first-order valence-corrected chi connectivity index (χ1v) is 8.23. The lowest BCUT2D eigenvalue weighted by Gasteiger charge is -2.26. The van der Waals surface area contributed by atoms with Crippen molar-refractivity contribution < 1.29 is 28.0 Å². The quantitative estimate of drug-likeness (QED) is 0.469. The van der Waals surface area contributed by atoms with Crippen molar-refractivity contribution in [2.75, 3.05) is 6.54 Å². The normalized spacial score (nSPS) is 13.6. The van der Waals surface area contributed by atoms with Gasteiger partial charge in [0.1, 0.15) is 6.04 Å². The van der Waals surface area contributed by atoms with Crippen molar-refractivity contribution in [3.8, 4) is 0 Å². The molecule has 3 N–H and O–H groups in total. The first-order valence-electron chi connectivity index (χ1n) is 8.23. The summed E-state index contributed by atoms with van der Waals surface area (Å²) < 4.78 is 39.7. The smallest absolute Gasteiger partial charge is 0.389 e. The summed E-state index contributed by atoms with van der Waals surface area (Å²) in [5.41, 5.74) is 0.413. The molecule has 0 fully saturated rings. The SMILES string of the molecule is O=C(NC[C@H](O)[C@@H](NCc1ccccc1)C(F)(F)F)c1ccc([N+](=O)[O-])cc1. The minimum atomic E-state index is -4.73. The predicted octanol–water partition coefficient (Wildman–Crippen LogP) is 2.41. The fraction of sp³-hybridized carbons (Fsp3) is 0.278. The van der Waals surface area contributed by atoms with E-state index < -0.39 is 35.7 Å². The van der Waals surface area contributed by atoms with Crippen molar-refractivity contribution in [3.05, 3.63) is 75.8 Å². The number of aliphatic hydroxyl groups is 1. The van der Waals surface area contributed by atoms with Gasteiger partial charge in [0, 0.05) is 30.8 Å². The Morgan fingerprint density at radius 2 is 1.71 bits per heavy atom. The van der Waals surface area contributed by atoms with Crippen LogP contribution in [0.1, 0.15) is 15.9 Å². The molecule has 7 nitrogen and oxygen atoms in total. The second-order valence-corrected chi connectivity index (χ2v) is 5.97. The lowest BCUT2D eigenvalue weighted by Crippen LogP contribution is -2.54. The van der Waals surface area contributed by atoms with E-state index in [4.69, 9.17) is 0 Å². The second kappa shape index (κ2) is 9.29. The highest BCUT2D eigenvalue weighted by atomic mass is 19.4. The van der Waals surface area contributed by atoms with Gasteiger partial charge in [-0.25, -0.2) is 0 Å². The number of nitro groups is 1. The first kappa shape index (κ1) is 21.3. The molecule has 0 aliphatic heterocycles. The Morgan fingerprint density at radius 1 is 1.11 bits per heavy atom. The van der Waals surface area contributed by atoms with Crippen LogP contribution in [0.25, 0.3) is 0 Å². The number of hydrogen-bond acceptors (Lipinski definition) is 5. The maximum Gasteiger partial charge on any atom is 0.406 e. The number of benzene rings is 2. The lowest BCUT2D eigenvalue weighted by atomic mass is 10.1. The van der Waals surface area contributed by atoms with Crippen LogP contribution in [0.2, 0.25) is 0 Å². The van der Waals surface area contributed by atoms with Crippen molar-refractivity contribution >= 4 is 11.6 Å². The van der Waals surface area contributed by atoms with E-state index in [1.165, 1.54) is 12.1 Å². The number of halogens is 3. The molecule has 2 aromatic carbocycles. The van der Waals surface area contributed by atoms with Crippen LogP contribution in [0.3, 0.4) is 0 Å². The number of amides is 1. The number of alkyl halides is 3. The third-order valence-electron chi connectivity index (χ3n) is 3.92. The molecule has 0 unspecified atom stereocenters. The minimum Gasteiger partial charge on any atom is -0.389 e. The number of carbonyl (C=O) groups excluding carboxylic acids is 1. The molecule has 1 amide bonds. The van der Waals surface area contributed by atoms with Gasteiger partial charge in [-0.1, -0.05) is 30.3 Å². The van der Waals surface area contributed by atoms with Crippen molar-refractivity contribution in [2.45, 2.75) is 24.9 Å². The fourth-order valence-corrected chi connectivity index (χ4v) is 2.45. The van der Waals surface area contributed by atoms with Crippen LogP contribution in [0.15, 0.2) is 54.6 Å². The van der Waals surface area contributed by atoms with Gasteiger partial charge in [0.05, 0.1) is 11.0 Å². The number of aliphatic hydroxyl groups excluding tert-OH is 1. The van der Waals surface area contributed by atoms with Crippen LogP contribution in [0, 0.1) is 10.1 Å². The highest BCUT2D eigenvalue weighted by Gasteiger charge is 2.44. The maximum atomic E-state index is 13.2. The minimum absolute atomic E-state index is 0.0265. The number of nitrogens with zero attached hydrogens (tertiary/aromatic N) is 1. The number of hydrogen-bond donors (Lipinski definition) is 3. The molecule has 0 aliphatic carbocycles. The molecular formula is C18H18F3N3O4. The monoisotopic (exact) mass is 397 g/mol. The van der Waals surface area contributed by atoms with E-state index in [-0.39, 0.29) is 17.8 Å². The van der Waals surface area contributed by atoms with Crippen LogP contribution < -0.4 is 10.6 Å². The highest BCUT2D eigenvalue weighted by Crippen LogP contribution is 2.23. The van der Waals surface area contributed by atoms with Crippen LogP contribution >= 0.6 is 0 Å². The molecule has 0 saturated heterocycles. The Hall–Kier alpha value is -2.98. The zero-order chi connectivity index (χ0) is 20.7. The second-order valence-electron chi connectivity index (χ2n) is 5.97. The third kappa shape index (κ3) is 6.03. The number of nitro benzene ring substituents is 1. The van der Waals surface area contributed by atoms with Gasteiger partial charge in [0.2, 0.25) is 0 Å². The summed E-state index contributed by atoms with van der Waals surface area (Å²) in [5.74, 6) is -0.752. The maximum absolute atomic E-state index is 13.2. The summed E-state index contributed by atoms with van der Waals surface area (Å²) in [6.45, 7) is -0.764. The van der Waals surface area contributed by atoms with Gasteiger partial charge in [0.25, 0.3) is 11.6 Å². The number of carbonyl (C=O) groups is 1. The third-order valence-corrected chi connectivity index (χ3v) is 3.92. The van der Waals surface area contributed by atoms with Gasteiger partial charge >= 0.3 is 6.18 Å². The predicted molar refractivity (Wildman–Crippen MR) is 94.6 cm³/mol. The van der Waals surface area contributed by atoms with E-state index in [0.717, 1.165) is 12.1 Å². The van der Waals surface area contributed by atoms with Crippen molar-refractivity contribution in [3.63, 3.8) is 0 Å². The van der Waals surface area contributed by atoms with E-state index >= 15 is 0 Å². The summed E-state index contributed by atoms with van der Waals surface area (Å²) in [7, 11) is 0. The van der Waals surface area contributed by atoms with Gasteiger partial charge in [-0.15, -0.1) is 0 Å². The largest absolute Gasteiger partial charge is 0.406 e. The molecule has 0 spiro atoms. The van der Waals surface area contributed by atoms with E-state index in [9.17, 15) is 33.2 Å². The highest BCUT2D eigenvalue weighted by molar-refractivity contribution is 5.94. The van der Waals surface area contributed by atoms with Crippen molar-refractivity contribution in [2.24, 2.45) is 0 Å². The molecule has 150 valence electrons. The Morgan fingerprint density at radius 3 is 2.25 bits per heavy atom. The summed E-state index contributed by atoms with van der Waals surface area (Å²) in [5, 5.41) is 25.0. The van der Waals surface area contributed by atoms with Gasteiger partial charge in [-0.05, 0) is 17.7 Å². The fourth-order valence-electron chi connectivity index (χ4n) is 2.45. The van der Waals surface area contributed by atoms with E-state index in [1.54, 1.807) is 30.3 Å². The van der Waals surface area contributed by atoms with Gasteiger partial charge in [-0.2, -0.15) is 13.2 Å². The standard InChI is InChI=1S/C18H18F3N3O4/c19-18(20,21)16(22-10-12-4-2-1-3-5-12)15(25)11-23-17(26)13-6-8-14(9-7-13)24(27)28/h1-9,15-16,22,25H,10-11H2,(H,23,26)/t15-,16+/m0/s1. The molecule has 0 heterocycles. The van der Waals surface area contributed by atoms with Gasteiger partial charge < -0.3 is 10.4 Å². The number of rotatable bonds is 8. The summed E-state index contributed by atoms with van der Waals surface area (Å²) >= 11 is 0. The molecule has 28 heavy (non-hydrogen) atoms. The Labute approximate surface area is 158 Å². The average molecular weight is 397 g/mol. The van der Waals surface area contributed by atoms with Gasteiger partial charge in [0.15, 0.2) is 0 Å². The Kier molecular flexibility index (Phi) is 7.07. The zero-order valence-electron chi connectivity index (χ0n) is 14.5. The summed E-state index contributed by atoms with van der Waals surface area (Å²) in [4.78, 5) is 21.9. The van der Waals surface area contributed by atoms with Crippen LogP contribution in [-0.4, -0.2) is 40.8 Å². The van der Waals surface area contributed by atoms with E-state index in [0.29, 0.717) is 5.56 Å². The van der Waals surface area contributed by atoms with Crippen molar-refractivity contribution in [1.82, 2.24) is 10.6 Å². The Balaban J connectivity index is 1.95. The first-order chi connectivity index (χ1) is 13.2. The average Bonchev–Trinajstić information content (AvgIpc) is 2.66. The topological polar surface area (TPSA) is 104 Å². The molecule has 0 saturated carbocycles. The van der Waals surface area contributed by atoms with E-state index in [2.05, 4.69) is 10.6 Å². The molecule has 2 aromatic rings. The molecule has 0 aliphatic rings. The van der Waals surface area contributed by atoms with Crippen LogP contribution in [0.4, 0.5) is 18.9 Å². The molecule has 2 atom stereocenters. The number of nitrogens with one attached hydrogen (secondary N) is 2. The summed E-state index contributed by atoms with van der Waals surface area (Å²) in [6.07, 6.45) is -6.66. The van der Waals surface area contributed by atoms with Crippen LogP contribution in [0.5, 0.6) is 0 Å². The zero-order valence-corrected chi connectivity index (χ0v) is 14.5. The Bertz CT molecular complexity index is 798. The molecule has 2 rings (SSSR count). The molecule has 0 radical (unpaired) electrons. The van der Waals surface area contributed by atoms with Crippen molar-refractivity contribution in [1.29, 1.82) is 0 Å². The molecule has 10 heteroatoms. The van der Waals surface area contributed by atoms with Gasteiger partial charge in [-0.3, -0.25) is 20.2 Å². The molecule has 0 aromatic heterocycles. The molecular weight excluding hydrogens is 379 g/mol. The lowest BCUT2D eigenvalue weighted by molar-refractivity contribution is -0.384. The van der Waals surface area contributed by atoms with E-state index in [1.807, 2.05) is 0 Å². The number of non-ortho nitro benzene ring substituents is 1. The van der Waals surface area contributed by atoms with Crippen LogP contribution in [-0.2, 0) is 6.54 Å².